The number of nitriles is 1. The molecule has 0 radical (unpaired) electrons. The van der Waals surface area contributed by atoms with Gasteiger partial charge >= 0.3 is 0 Å². The molecule has 0 bridgehead atoms. The van der Waals surface area contributed by atoms with Crippen molar-refractivity contribution in [2.24, 2.45) is 0 Å². The van der Waals surface area contributed by atoms with Gasteiger partial charge < -0.3 is 5.32 Å². The van der Waals surface area contributed by atoms with Gasteiger partial charge in [-0.15, -0.1) is 0 Å². The first-order valence-corrected chi connectivity index (χ1v) is 5.89. The van der Waals surface area contributed by atoms with Crippen molar-refractivity contribution >= 4 is 5.82 Å². The smallest absolute Gasteiger partial charge is 0.144 e. The van der Waals surface area contributed by atoms with Crippen molar-refractivity contribution in [1.82, 2.24) is 4.98 Å². The number of rotatable bonds is 3. The zero-order valence-corrected chi connectivity index (χ0v) is 10.5. The van der Waals surface area contributed by atoms with Crippen molar-refractivity contribution in [2.75, 3.05) is 5.32 Å². The van der Waals surface area contributed by atoms with E-state index in [4.69, 9.17) is 5.26 Å². The lowest BCUT2D eigenvalue weighted by Gasteiger charge is -2.15. The highest BCUT2D eigenvalue weighted by atomic mass is 15.0. The molecule has 90 valence electrons. The molecule has 0 amide bonds. The van der Waals surface area contributed by atoms with E-state index in [-0.39, 0.29) is 6.04 Å². The Morgan fingerprint density at radius 2 is 2.00 bits per heavy atom. The molecule has 3 heteroatoms. The van der Waals surface area contributed by atoms with E-state index < -0.39 is 0 Å². The molecule has 1 N–H and O–H groups in total. The van der Waals surface area contributed by atoms with Crippen LogP contribution in [0.4, 0.5) is 5.82 Å². The van der Waals surface area contributed by atoms with Gasteiger partial charge in [-0.1, -0.05) is 30.3 Å². The Kier molecular flexibility index (Phi) is 3.59. The van der Waals surface area contributed by atoms with Gasteiger partial charge in [0.05, 0.1) is 5.56 Å². The molecule has 2 rings (SSSR count). The normalized spacial score (nSPS) is 11.6. The molecular formula is C15H15N3. The quantitative estimate of drug-likeness (QED) is 0.889. The Bertz CT molecular complexity index is 570. The minimum absolute atomic E-state index is 0.119. The summed E-state index contributed by atoms with van der Waals surface area (Å²) in [6.45, 7) is 3.98. The first-order chi connectivity index (χ1) is 8.70. The molecule has 0 fully saturated rings. The summed E-state index contributed by atoms with van der Waals surface area (Å²) in [5, 5.41) is 12.4. The van der Waals surface area contributed by atoms with Gasteiger partial charge in [-0.2, -0.15) is 5.26 Å². The minimum Gasteiger partial charge on any atom is -0.362 e. The Hall–Kier alpha value is -2.34. The summed E-state index contributed by atoms with van der Waals surface area (Å²) in [6, 6.07) is 14.2. The van der Waals surface area contributed by atoms with Crippen LogP contribution < -0.4 is 5.32 Å². The largest absolute Gasteiger partial charge is 0.362 e. The molecule has 0 unspecified atom stereocenters. The summed E-state index contributed by atoms with van der Waals surface area (Å²) in [5.74, 6) is 0.638. The molecule has 3 nitrogen and oxygen atoms in total. The maximum absolute atomic E-state index is 9.10. The summed E-state index contributed by atoms with van der Waals surface area (Å²) in [7, 11) is 0. The number of hydrogen-bond donors (Lipinski definition) is 1. The SMILES string of the molecule is Cc1cnc(N[C@H](C)c2ccccc2)c(C#N)c1. The highest BCUT2D eigenvalue weighted by Gasteiger charge is 2.09. The number of hydrogen-bond acceptors (Lipinski definition) is 3. The van der Waals surface area contributed by atoms with E-state index in [1.165, 1.54) is 5.56 Å². The molecule has 18 heavy (non-hydrogen) atoms. The number of benzene rings is 1. The van der Waals surface area contributed by atoms with Crippen LogP contribution in [0.2, 0.25) is 0 Å². The van der Waals surface area contributed by atoms with Gasteiger partial charge in [-0.3, -0.25) is 0 Å². The molecule has 1 aromatic heterocycles. The van der Waals surface area contributed by atoms with E-state index in [9.17, 15) is 0 Å². The van der Waals surface area contributed by atoms with Crippen LogP contribution >= 0.6 is 0 Å². The molecule has 2 aromatic rings. The van der Waals surface area contributed by atoms with Gasteiger partial charge in [0.2, 0.25) is 0 Å². The van der Waals surface area contributed by atoms with Gasteiger partial charge in [0.1, 0.15) is 11.9 Å². The number of pyridine rings is 1. The lowest BCUT2D eigenvalue weighted by atomic mass is 10.1. The number of nitrogens with zero attached hydrogens (tertiary/aromatic N) is 2. The van der Waals surface area contributed by atoms with Crippen LogP contribution in [0.15, 0.2) is 42.6 Å². The first-order valence-electron chi connectivity index (χ1n) is 5.89. The van der Waals surface area contributed by atoms with E-state index in [2.05, 4.69) is 35.4 Å². The van der Waals surface area contributed by atoms with Crippen molar-refractivity contribution in [2.45, 2.75) is 19.9 Å². The highest BCUT2D eigenvalue weighted by Crippen LogP contribution is 2.20. The van der Waals surface area contributed by atoms with E-state index >= 15 is 0 Å². The Morgan fingerprint density at radius 3 is 2.67 bits per heavy atom. The molecule has 1 atom stereocenters. The van der Waals surface area contributed by atoms with Gasteiger partial charge in [-0.25, -0.2) is 4.98 Å². The molecule has 1 heterocycles. The van der Waals surface area contributed by atoms with Crippen molar-refractivity contribution in [1.29, 1.82) is 5.26 Å². The zero-order chi connectivity index (χ0) is 13.0. The van der Waals surface area contributed by atoms with Crippen molar-refractivity contribution < 1.29 is 0 Å². The molecule has 0 saturated heterocycles. The second-order valence-corrected chi connectivity index (χ2v) is 4.30. The van der Waals surface area contributed by atoms with Crippen LogP contribution in [0.1, 0.15) is 29.7 Å². The van der Waals surface area contributed by atoms with Crippen LogP contribution in [-0.2, 0) is 0 Å². The fourth-order valence-corrected chi connectivity index (χ4v) is 1.80. The summed E-state index contributed by atoms with van der Waals surface area (Å²) in [4.78, 5) is 4.28. The monoisotopic (exact) mass is 237 g/mol. The van der Waals surface area contributed by atoms with Crippen molar-refractivity contribution in [3.05, 3.63) is 59.3 Å². The Labute approximate surface area is 107 Å². The Balaban J connectivity index is 2.22. The second-order valence-electron chi connectivity index (χ2n) is 4.30. The van der Waals surface area contributed by atoms with Gasteiger partial charge in [-0.05, 0) is 31.0 Å². The van der Waals surface area contributed by atoms with Crippen LogP contribution in [0, 0.1) is 18.3 Å². The van der Waals surface area contributed by atoms with Gasteiger partial charge in [0, 0.05) is 12.2 Å². The van der Waals surface area contributed by atoms with Crippen LogP contribution in [0.5, 0.6) is 0 Å². The third-order valence-corrected chi connectivity index (χ3v) is 2.80. The van der Waals surface area contributed by atoms with Crippen LogP contribution in [-0.4, -0.2) is 4.98 Å². The van der Waals surface area contributed by atoms with Crippen LogP contribution in [0.3, 0.4) is 0 Å². The number of aromatic nitrogens is 1. The second kappa shape index (κ2) is 5.33. The molecular weight excluding hydrogens is 222 g/mol. The Morgan fingerprint density at radius 1 is 1.28 bits per heavy atom. The molecule has 0 aliphatic carbocycles. The van der Waals surface area contributed by atoms with Gasteiger partial charge in [0.15, 0.2) is 0 Å². The highest BCUT2D eigenvalue weighted by molar-refractivity contribution is 5.53. The molecule has 0 saturated carbocycles. The number of anilines is 1. The van der Waals surface area contributed by atoms with Crippen molar-refractivity contribution in [3.63, 3.8) is 0 Å². The topological polar surface area (TPSA) is 48.7 Å². The summed E-state index contributed by atoms with van der Waals surface area (Å²) in [5.41, 5.74) is 2.74. The standard InChI is InChI=1S/C15H15N3/c1-11-8-14(9-16)15(17-10-11)18-12(2)13-6-4-3-5-7-13/h3-8,10,12H,1-2H3,(H,17,18)/t12-/m1/s1. The zero-order valence-electron chi connectivity index (χ0n) is 10.5. The predicted octanol–water partition coefficient (Wildman–Crippen LogP) is 3.43. The fourth-order valence-electron chi connectivity index (χ4n) is 1.80. The van der Waals surface area contributed by atoms with Crippen LogP contribution in [0.25, 0.3) is 0 Å². The van der Waals surface area contributed by atoms with E-state index in [1.807, 2.05) is 31.2 Å². The summed E-state index contributed by atoms with van der Waals surface area (Å²) < 4.78 is 0. The molecule has 0 aliphatic rings. The summed E-state index contributed by atoms with van der Waals surface area (Å²) >= 11 is 0. The third-order valence-electron chi connectivity index (χ3n) is 2.80. The summed E-state index contributed by atoms with van der Waals surface area (Å²) in [6.07, 6.45) is 1.76. The number of nitrogens with one attached hydrogen (secondary N) is 1. The maximum Gasteiger partial charge on any atom is 0.144 e. The predicted molar refractivity (Wildman–Crippen MR) is 72.2 cm³/mol. The first kappa shape index (κ1) is 12.1. The van der Waals surface area contributed by atoms with E-state index in [0.29, 0.717) is 11.4 Å². The minimum atomic E-state index is 0.119. The average Bonchev–Trinajstić information content (AvgIpc) is 2.41. The molecule has 0 aliphatic heterocycles. The number of aryl methyl sites for hydroxylation is 1. The van der Waals surface area contributed by atoms with Gasteiger partial charge in [0.25, 0.3) is 0 Å². The maximum atomic E-state index is 9.10. The van der Waals surface area contributed by atoms with E-state index in [1.54, 1.807) is 6.20 Å². The lowest BCUT2D eigenvalue weighted by molar-refractivity contribution is 0.873. The third kappa shape index (κ3) is 2.67. The van der Waals surface area contributed by atoms with Crippen molar-refractivity contribution in [3.8, 4) is 6.07 Å². The lowest BCUT2D eigenvalue weighted by Crippen LogP contribution is -2.09. The molecule has 1 aromatic carbocycles. The molecule has 0 spiro atoms. The fraction of sp³-hybridized carbons (Fsp3) is 0.200. The van der Waals surface area contributed by atoms with E-state index in [0.717, 1.165) is 5.56 Å². The average molecular weight is 237 g/mol.